The number of nitrogens with two attached hydrogens (primary N) is 1. The largest absolute Gasteiger partial charge is 0.465 e. The van der Waals surface area contributed by atoms with Gasteiger partial charge in [-0.3, -0.25) is 4.90 Å². The summed E-state index contributed by atoms with van der Waals surface area (Å²) >= 11 is 0. The van der Waals surface area contributed by atoms with Gasteiger partial charge in [-0.05, 0) is 61.6 Å². The first-order valence-electron chi connectivity index (χ1n) is 8.14. The Morgan fingerprint density at radius 3 is 2.23 bits per heavy atom. The van der Waals surface area contributed by atoms with Crippen molar-refractivity contribution >= 4 is 17.9 Å². The minimum Gasteiger partial charge on any atom is -0.465 e. The topological polar surface area (TPSA) is 92.9 Å². The van der Waals surface area contributed by atoms with E-state index in [0.717, 1.165) is 22.4 Å². The second kappa shape index (κ2) is 9.46. The molecule has 3 N–H and O–H groups in total. The molecular formula is C20H26N2O4. The van der Waals surface area contributed by atoms with Crippen molar-refractivity contribution in [3.63, 3.8) is 0 Å². The number of ether oxygens (including phenoxy) is 1. The van der Waals surface area contributed by atoms with Crippen LogP contribution in [0.25, 0.3) is 0 Å². The summed E-state index contributed by atoms with van der Waals surface area (Å²) < 4.78 is 4.66. The third kappa shape index (κ3) is 6.12. The van der Waals surface area contributed by atoms with Crippen molar-refractivity contribution in [3.05, 3.63) is 64.2 Å². The summed E-state index contributed by atoms with van der Waals surface area (Å²) in [6.45, 7) is 8.19. The van der Waals surface area contributed by atoms with Crippen molar-refractivity contribution in [3.8, 4) is 0 Å². The van der Waals surface area contributed by atoms with Gasteiger partial charge in [0.05, 0.1) is 0 Å². The van der Waals surface area contributed by atoms with Gasteiger partial charge in [0.1, 0.15) is 6.61 Å². The molecule has 0 spiro atoms. The summed E-state index contributed by atoms with van der Waals surface area (Å²) in [5.74, 6) is 0. The van der Waals surface area contributed by atoms with Gasteiger partial charge in [-0.25, -0.2) is 9.59 Å². The number of carbonyl (C=O) groups is 2. The molecule has 0 saturated heterocycles. The summed E-state index contributed by atoms with van der Waals surface area (Å²) in [5, 5.41) is 8.78. The molecule has 6 heteroatoms. The molecular weight excluding hydrogens is 332 g/mol. The third-order valence-electron chi connectivity index (χ3n) is 4.18. The molecule has 0 fully saturated rings. The molecule has 0 aliphatic rings. The molecule has 0 aromatic heterocycles. The lowest BCUT2D eigenvalue weighted by atomic mass is 10.1. The van der Waals surface area contributed by atoms with Crippen LogP contribution in [0.2, 0.25) is 0 Å². The Bertz CT molecular complexity index is 787. The average molecular weight is 358 g/mol. The Morgan fingerprint density at radius 2 is 1.69 bits per heavy atom. The monoisotopic (exact) mass is 358 g/mol. The molecule has 0 aliphatic carbocycles. The van der Waals surface area contributed by atoms with Crippen LogP contribution < -0.4 is 10.6 Å². The number of anilines is 1. The van der Waals surface area contributed by atoms with Gasteiger partial charge in [0, 0.05) is 12.7 Å². The van der Waals surface area contributed by atoms with Crippen LogP contribution in [-0.2, 0) is 11.3 Å². The van der Waals surface area contributed by atoms with Gasteiger partial charge in [0.25, 0.3) is 0 Å². The Labute approximate surface area is 154 Å². The predicted molar refractivity (Wildman–Crippen MR) is 103 cm³/mol. The number of nitrogens with zero attached hydrogens (tertiary/aromatic N) is 1. The number of primary amides is 1. The number of hydrogen-bond acceptors (Lipinski definition) is 3. The summed E-state index contributed by atoms with van der Waals surface area (Å²) in [5.41, 5.74) is 11.1. The smallest absolute Gasteiger partial charge is 0.411 e. The fraction of sp³-hybridized carbons (Fsp3) is 0.300. The minimum atomic E-state index is -0.936. The molecule has 2 aromatic rings. The van der Waals surface area contributed by atoms with Crippen molar-refractivity contribution in [2.75, 3.05) is 11.9 Å². The van der Waals surface area contributed by atoms with E-state index in [1.54, 1.807) is 13.1 Å². The van der Waals surface area contributed by atoms with Crippen LogP contribution in [0.3, 0.4) is 0 Å². The Hall–Kier alpha value is -3.02. The Morgan fingerprint density at radius 1 is 1.04 bits per heavy atom. The molecule has 0 saturated carbocycles. The maximum atomic E-state index is 10.7. The van der Waals surface area contributed by atoms with Crippen LogP contribution in [0.15, 0.2) is 36.4 Å². The van der Waals surface area contributed by atoms with Crippen molar-refractivity contribution in [2.24, 2.45) is 5.73 Å². The standard InChI is InChI=1S/2C10H13NO2/c1-7-5-4-6-9(8(7)2)11(3)10(12)13;1-7-3-4-9(5-8(7)2)6-13-10(11)12/h4-6H,1-3H3,(H,12,13);3-5H,6H2,1-2H3,(H2,11,12). The molecule has 2 amide bonds. The number of benzene rings is 2. The fourth-order valence-electron chi connectivity index (χ4n) is 2.25. The fourth-order valence-corrected chi connectivity index (χ4v) is 2.25. The lowest BCUT2D eigenvalue weighted by molar-refractivity contribution is 0.150. The minimum absolute atomic E-state index is 0.246. The predicted octanol–water partition coefficient (Wildman–Crippen LogP) is 4.32. The van der Waals surface area contributed by atoms with Crippen LogP contribution in [-0.4, -0.2) is 24.3 Å². The van der Waals surface area contributed by atoms with Gasteiger partial charge in [-0.2, -0.15) is 0 Å². The number of rotatable bonds is 3. The Kier molecular flexibility index (Phi) is 7.65. The summed E-state index contributed by atoms with van der Waals surface area (Å²) in [7, 11) is 1.55. The number of carboxylic acid groups (broad SMARTS) is 1. The second-order valence-electron chi connectivity index (χ2n) is 6.09. The highest BCUT2D eigenvalue weighted by Gasteiger charge is 2.11. The zero-order valence-electron chi connectivity index (χ0n) is 15.9. The zero-order valence-corrected chi connectivity index (χ0v) is 15.9. The maximum Gasteiger partial charge on any atom is 0.411 e. The van der Waals surface area contributed by atoms with Crippen molar-refractivity contribution < 1.29 is 19.4 Å². The van der Waals surface area contributed by atoms with Crippen molar-refractivity contribution in [1.82, 2.24) is 0 Å². The van der Waals surface area contributed by atoms with E-state index in [4.69, 9.17) is 10.8 Å². The van der Waals surface area contributed by atoms with Gasteiger partial charge in [-0.15, -0.1) is 0 Å². The summed E-state index contributed by atoms with van der Waals surface area (Å²) in [4.78, 5) is 22.2. The number of carbonyl (C=O) groups excluding carboxylic acids is 1. The zero-order chi connectivity index (χ0) is 19.9. The van der Waals surface area contributed by atoms with Crippen molar-refractivity contribution in [1.29, 1.82) is 0 Å². The second-order valence-corrected chi connectivity index (χ2v) is 6.09. The molecule has 2 rings (SSSR count). The van der Waals surface area contributed by atoms with Gasteiger partial charge < -0.3 is 15.6 Å². The lowest BCUT2D eigenvalue weighted by Crippen LogP contribution is -2.24. The SMILES string of the molecule is Cc1ccc(COC(N)=O)cc1C.Cc1cccc(N(C)C(=O)O)c1C. The first-order valence-corrected chi connectivity index (χ1v) is 8.14. The number of aryl methyl sites for hydroxylation is 3. The van der Waals surface area contributed by atoms with Crippen LogP contribution in [0.4, 0.5) is 15.3 Å². The van der Waals surface area contributed by atoms with E-state index in [1.165, 1.54) is 16.0 Å². The maximum absolute atomic E-state index is 10.7. The number of amides is 2. The first-order chi connectivity index (χ1) is 12.1. The van der Waals surface area contributed by atoms with E-state index in [2.05, 4.69) is 4.74 Å². The molecule has 6 nitrogen and oxygen atoms in total. The average Bonchev–Trinajstić information content (AvgIpc) is 2.58. The van der Waals surface area contributed by atoms with Gasteiger partial charge >= 0.3 is 12.2 Å². The van der Waals surface area contributed by atoms with E-state index < -0.39 is 12.2 Å². The summed E-state index contributed by atoms with van der Waals surface area (Å²) in [6.07, 6.45) is -1.67. The van der Waals surface area contributed by atoms with Gasteiger partial charge in [0.2, 0.25) is 0 Å². The number of hydrogen-bond donors (Lipinski definition) is 2. The summed E-state index contributed by atoms with van der Waals surface area (Å²) in [6, 6.07) is 11.5. The van der Waals surface area contributed by atoms with E-state index in [1.807, 2.05) is 58.0 Å². The quantitative estimate of drug-likeness (QED) is 0.854. The molecule has 0 bridgehead atoms. The van der Waals surface area contributed by atoms with Crippen LogP contribution in [0.5, 0.6) is 0 Å². The van der Waals surface area contributed by atoms with E-state index in [9.17, 15) is 9.59 Å². The molecule has 0 atom stereocenters. The van der Waals surface area contributed by atoms with Crippen LogP contribution in [0, 0.1) is 27.7 Å². The van der Waals surface area contributed by atoms with E-state index >= 15 is 0 Å². The van der Waals surface area contributed by atoms with Gasteiger partial charge in [0.15, 0.2) is 0 Å². The first kappa shape index (κ1) is 21.0. The molecule has 2 aromatic carbocycles. The van der Waals surface area contributed by atoms with Crippen LogP contribution >= 0.6 is 0 Å². The van der Waals surface area contributed by atoms with E-state index in [0.29, 0.717) is 0 Å². The molecule has 26 heavy (non-hydrogen) atoms. The lowest BCUT2D eigenvalue weighted by Gasteiger charge is -2.16. The molecule has 0 unspecified atom stereocenters. The Balaban J connectivity index is 0.000000260. The molecule has 0 heterocycles. The molecule has 0 aliphatic heterocycles. The molecule has 140 valence electrons. The third-order valence-corrected chi connectivity index (χ3v) is 4.18. The normalized spacial score (nSPS) is 9.73. The molecule has 0 radical (unpaired) electrons. The highest BCUT2D eigenvalue weighted by Crippen LogP contribution is 2.21. The highest BCUT2D eigenvalue weighted by molar-refractivity contribution is 5.86. The van der Waals surface area contributed by atoms with Crippen molar-refractivity contribution in [2.45, 2.75) is 34.3 Å². The van der Waals surface area contributed by atoms with Gasteiger partial charge in [-0.1, -0.05) is 30.3 Å². The van der Waals surface area contributed by atoms with E-state index in [-0.39, 0.29) is 6.61 Å². The highest BCUT2D eigenvalue weighted by atomic mass is 16.5. The van der Waals surface area contributed by atoms with Crippen LogP contribution in [0.1, 0.15) is 27.8 Å².